The molecule has 0 spiro atoms. The minimum atomic E-state index is 0.500. The van der Waals surface area contributed by atoms with Crippen LogP contribution in [-0.4, -0.2) is 26.6 Å². The zero-order valence-corrected chi connectivity index (χ0v) is 10.1. The smallest absolute Gasteiger partial charge is 0.224 e. The maximum Gasteiger partial charge on any atom is 0.224 e. The van der Waals surface area contributed by atoms with Crippen LogP contribution >= 0.6 is 11.6 Å². The summed E-state index contributed by atoms with van der Waals surface area (Å²) in [5.41, 5.74) is 1.98. The number of aryl methyl sites for hydroxylation is 1. The number of anilines is 1. The number of nitrogens with zero attached hydrogens (tertiary/aromatic N) is 4. The van der Waals surface area contributed by atoms with Gasteiger partial charge in [0.15, 0.2) is 5.82 Å². The molecular weight excluding hydrogens is 226 g/mol. The molecule has 6 heteroatoms. The molecule has 0 aromatic carbocycles. The van der Waals surface area contributed by atoms with Crippen LogP contribution < -0.4 is 5.32 Å². The molecule has 2 heterocycles. The van der Waals surface area contributed by atoms with Gasteiger partial charge in [-0.25, -0.2) is 9.97 Å². The Morgan fingerprint density at radius 1 is 1.31 bits per heavy atom. The molecule has 2 aromatic rings. The molecule has 0 amide bonds. The van der Waals surface area contributed by atoms with Gasteiger partial charge in [0.2, 0.25) is 5.95 Å². The second kappa shape index (κ2) is 4.09. The average Bonchev–Trinajstić information content (AvgIpc) is 2.61. The van der Waals surface area contributed by atoms with Crippen LogP contribution in [0.25, 0.3) is 5.82 Å². The van der Waals surface area contributed by atoms with Gasteiger partial charge >= 0.3 is 0 Å². The van der Waals surface area contributed by atoms with E-state index < -0.39 is 0 Å². The third-order valence-electron chi connectivity index (χ3n) is 2.43. The van der Waals surface area contributed by atoms with E-state index in [-0.39, 0.29) is 0 Å². The minimum Gasteiger partial charge on any atom is -0.357 e. The molecule has 0 radical (unpaired) electrons. The maximum absolute atomic E-state index is 6.07. The Balaban J connectivity index is 2.59. The summed E-state index contributed by atoms with van der Waals surface area (Å²) in [6.07, 6.45) is 3.28. The van der Waals surface area contributed by atoms with Gasteiger partial charge < -0.3 is 5.32 Å². The predicted molar refractivity (Wildman–Crippen MR) is 63.2 cm³/mol. The third-order valence-corrected chi connectivity index (χ3v) is 2.70. The van der Waals surface area contributed by atoms with Gasteiger partial charge in [-0.15, -0.1) is 0 Å². The molecule has 5 nitrogen and oxygen atoms in total. The van der Waals surface area contributed by atoms with Crippen molar-refractivity contribution in [2.45, 2.75) is 13.8 Å². The Kier molecular flexibility index (Phi) is 2.78. The molecule has 84 valence electrons. The first kappa shape index (κ1) is 10.9. The van der Waals surface area contributed by atoms with E-state index >= 15 is 0 Å². The molecule has 2 aromatic heterocycles. The summed E-state index contributed by atoms with van der Waals surface area (Å²) < 4.78 is 1.85. The minimum absolute atomic E-state index is 0.500. The number of rotatable bonds is 2. The molecule has 0 aliphatic carbocycles. The summed E-state index contributed by atoms with van der Waals surface area (Å²) >= 11 is 6.07. The van der Waals surface area contributed by atoms with Gasteiger partial charge in [0.1, 0.15) is 11.3 Å². The van der Waals surface area contributed by atoms with E-state index in [9.17, 15) is 0 Å². The fourth-order valence-electron chi connectivity index (χ4n) is 1.36. The van der Waals surface area contributed by atoms with Gasteiger partial charge in [-0.1, -0.05) is 11.6 Å². The van der Waals surface area contributed by atoms with E-state index in [4.69, 9.17) is 11.6 Å². The second-order valence-electron chi connectivity index (χ2n) is 3.40. The quantitative estimate of drug-likeness (QED) is 0.868. The largest absolute Gasteiger partial charge is 0.357 e. The van der Waals surface area contributed by atoms with Crippen LogP contribution in [0.4, 0.5) is 5.95 Å². The molecule has 0 atom stereocenters. The van der Waals surface area contributed by atoms with Crippen molar-refractivity contribution in [2.75, 3.05) is 12.4 Å². The summed E-state index contributed by atoms with van der Waals surface area (Å²) in [4.78, 5) is 12.5. The molecule has 16 heavy (non-hydrogen) atoms. The van der Waals surface area contributed by atoms with Gasteiger partial charge in [0.25, 0.3) is 0 Å². The zero-order chi connectivity index (χ0) is 11.7. The van der Waals surface area contributed by atoms with E-state index in [2.05, 4.69) is 20.3 Å². The van der Waals surface area contributed by atoms with Gasteiger partial charge in [-0.05, 0) is 13.8 Å². The Hall–Kier alpha value is -1.62. The van der Waals surface area contributed by atoms with Crippen molar-refractivity contribution >= 4 is 17.5 Å². The fraction of sp³-hybridized carbons (Fsp3) is 0.300. The summed E-state index contributed by atoms with van der Waals surface area (Å²) in [5, 5.41) is 3.38. The van der Waals surface area contributed by atoms with Gasteiger partial charge in [0, 0.05) is 12.7 Å². The Bertz CT molecular complexity index is 520. The molecular formula is C10H12ClN5. The van der Waals surface area contributed by atoms with Crippen LogP contribution in [0.5, 0.6) is 0 Å². The lowest BCUT2D eigenvalue weighted by molar-refractivity contribution is 0.937. The van der Waals surface area contributed by atoms with Crippen molar-refractivity contribution in [1.82, 2.24) is 19.5 Å². The molecule has 2 rings (SSSR count). The van der Waals surface area contributed by atoms with Gasteiger partial charge in [0.05, 0.1) is 11.9 Å². The lowest BCUT2D eigenvalue weighted by Crippen LogP contribution is -2.04. The van der Waals surface area contributed by atoms with Crippen molar-refractivity contribution < 1.29 is 0 Å². The highest BCUT2D eigenvalue weighted by molar-refractivity contribution is 6.32. The van der Waals surface area contributed by atoms with E-state index in [1.54, 1.807) is 19.6 Å². The van der Waals surface area contributed by atoms with Gasteiger partial charge in [-0.2, -0.15) is 4.98 Å². The van der Waals surface area contributed by atoms with Crippen molar-refractivity contribution in [3.05, 3.63) is 28.9 Å². The normalized spacial score (nSPS) is 10.5. The number of halogens is 1. The van der Waals surface area contributed by atoms with E-state index in [1.807, 2.05) is 18.4 Å². The highest BCUT2D eigenvalue weighted by Crippen LogP contribution is 2.20. The maximum atomic E-state index is 6.07. The number of imidazole rings is 1. The molecule has 0 bridgehead atoms. The van der Waals surface area contributed by atoms with E-state index in [0.29, 0.717) is 16.8 Å². The van der Waals surface area contributed by atoms with Crippen LogP contribution in [0.1, 0.15) is 11.4 Å². The highest BCUT2D eigenvalue weighted by atomic mass is 35.5. The Morgan fingerprint density at radius 3 is 2.62 bits per heavy atom. The van der Waals surface area contributed by atoms with Crippen molar-refractivity contribution in [1.29, 1.82) is 0 Å². The first-order valence-electron chi connectivity index (χ1n) is 4.84. The number of nitrogens with one attached hydrogen (secondary N) is 1. The zero-order valence-electron chi connectivity index (χ0n) is 9.32. The van der Waals surface area contributed by atoms with Gasteiger partial charge in [-0.3, -0.25) is 4.57 Å². The number of hydrogen-bond donors (Lipinski definition) is 1. The molecule has 0 saturated carbocycles. The first-order chi connectivity index (χ1) is 7.63. The topological polar surface area (TPSA) is 55.6 Å². The summed E-state index contributed by atoms with van der Waals surface area (Å²) in [5.74, 6) is 1.17. The number of hydrogen-bond acceptors (Lipinski definition) is 4. The summed E-state index contributed by atoms with van der Waals surface area (Å²) in [7, 11) is 1.76. The molecule has 0 aliphatic rings. The average molecular weight is 238 g/mol. The number of aromatic nitrogens is 4. The SMILES string of the molecule is CNc1ncc(Cl)c(-n2cnc(C)c2C)n1. The highest BCUT2D eigenvalue weighted by Gasteiger charge is 2.10. The standard InChI is InChI=1S/C10H12ClN5/c1-6-7(2)16(5-14-6)9-8(11)4-13-10(12-3)15-9/h4-5H,1-3H3,(H,12,13,15). The first-order valence-corrected chi connectivity index (χ1v) is 5.22. The summed E-state index contributed by atoms with van der Waals surface area (Å²) in [6.45, 7) is 3.92. The monoisotopic (exact) mass is 237 g/mol. The Morgan fingerprint density at radius 2 is 2.06 bits per heavy atom. The third kappa shape index (κ3) is 1.74. The van der Waals surface area contributed by atoms with Crippen molar-refractivity contribution in [2.24, 2.45) is 0 Å². The molecule has 1 N–H and O–H groups in total. The van der Waals surface area contributed by atoms with Crippen molar-refractivity contribution in [3.8, 4) is 5.82 Å². The Labute approximate surface area is 98.5 Å². The lowest BCUT2D eigenvalue weighted by atomic mass is 10.4. The van der Waals surface area contributed by atoms with E-state index in [1.165, 1.54) is 0 Å². The fourth-order valence-corrected chi connectivity index (χ4v) is 1.54. The summed E-state index contributed by atoms with van der Waals surface area (Å²) in [6, 6.07) is 0. The molecule has 0 aliphatic heterocycles. The molecule has 0 fully saturated rings. The van der Waals surface area contributed by atoms with Crippen LogP contribution in [0, 0.1) is 13.8 Å². The lowest BCUT2D eigenvalue weighted by Gasteiger charge is -2.07. The van der Waals surface area contributed by atoms with E-state index in [0.717, 1.165) is 11.4 Å². The molecule has 0 saturated heterocycles. The molecule has 0 unspecified atom stereocenters. The van der Waals surface area contributed by atoms with Crippen LogP contribution in [0.3, 0.4) is 0 Å². The second-order valence-corrected chi connectivity index (χ2v) is 3.81. The van der Waals surface area contributed by atoms with Crippen LogP contribution in [-0.2, 0) is 0 Å². The predicted octanol–water partition coefficient (Wildman–Crippen LogP) is 1.97. The van der Waals surface area contributed by atoms with Crippen LogP contribution in [0.2, 0.25) is 5.02 Å². The van der Waals surface area contributed by atoms with Crippen molar-refractivity contribution in [3.63, 3.8) is 0 Å². The van der Waals surface area contributed by atoms with Crippen LogP contribution in [0.15, 0.2) is 12.5 Å².